The molecule has 0 unspecified atom stereocenters. The van der Waals surface area contributed by atoms with Crippen LogP contribution >= 0.6 is 11.3 Å². The van der Waals surface area contributed by atoms with E-state index < -0.39 is 23.7 Å². The average molecular weight is 571 g/mol. The zero-order chi connectivity index (χ0) is 28.3. The van der Waals surface area contributed by atoms with Crippen LogP contribution in [0.1, 0.15) is 36.2 Å². The van der Waals surface area contributed by atoms with Crippen molar-refractivity contribution in [3.05, 3.63) is 65.0 Å². The van der Waals surface area contributed by atoms with Gasteiger partial charge in [-0.25, -0.2) is 13.8 Å². The van der Waals surface area contributed by atoms with Crippen LogP contribution in [-0.4, -0.2) is 68.3 Å². The van der Waals surface area contributed by atoms with Crippen LogP contribution in [0.25, 0.3) is 11.3 Å². The molecule has 2 amide bonds. The first-order chi connectivity index (χ1) is 19.2. The molecular formula is C29H32F2N4O4S. The number of hydrogen-bond donors (Lipinski definition) is 2. The lowest BCUT2D eigenvalue weighted by Gasteiger charge is -2.37. The van der Waals surface area contributed by atoms with Gasteiger partial charge in [0.2, 0.25) is 12.3 Å². The Morgan fingerprint density at radius 3 is 2.65 bits per heavy atom. The van der Waals surface area contributed by atoms with Gasteiger partial charge in [-0.05, 0) is 50.1 Å². The number of halogens is 2. The van der Waals surface area contributed by atoms with Crippen LogP contribution < -0.4 is 15.5 Å². The smallest absolute Gasteiger partial charge is 0.251 e. The third-order valence-electron chi connectivity index (χ3n) is 7.26. The molecule has 0 spiro atoms. The molecule has 40 heavy (non-hydrogen) atoms. The van der Waals surface area contributed by atoms with Crippen molar-refractivity contribution < 1.29 is 27.8 Å². The molecule has 0 radical (unpaired) electrons. The summed E-state index contributed by atoms with van der Waals surface area (Å²) in [6.07, 6.45) is -2.14. The molecule has 11 heteroatoms. The number of amides is 2. The number of alkyl halides is 2. The first-order valence-electron chi connectivity index (χ1n) is 13.2. The Kier molecular flexibility index (Phi) is 8.43. The molecule has 0 aliphatic carbocycles. The van der Waals surface area contributed by atoms with Gasteiger partial charge in [-0.15, -0.1) is 11.3 Å². The number of benzene rings is 2. The van der Waals surface area contributed by atoms with Crippen LogP contribution in [0.3, 0.4) is 0 Å². The number of ether oxygens (including phenoxy) is 2. The third-order valence-corrected chi connectivity index (χ3v) is 8.01. The van der Waals surface area contributed by atoms with Gasteiger partial charge in [0.05, 0.1) is 36.5 Å². The second-order valence-corrected chi connectivity index (χ2v) is 11.2. The Balaban J connectivity index is 1.18. The standard InChI is InChI=1S/C29H32F2N4O4S/c1-18-14-35(15-19(2)39-18)23-8-4-5-20(12-23)24-16-40-28(33-24)34-25(36)13-32-26(37)21-6-3-7-22(11-21)29(27(30)31)9-10-38-17-29/h3-8,11-12,16,18-19,27H,9-10,13-15,17H2,1-2H3,(H,32,37)(H,33,34,36)/t18-,19+,29-/m1/s1. The Bertz CT molecular complexity index is 1350. The van der Waals surface area contributed by atoms with Crippen LogP contribution in [0.15, 0.2) is 53.9 Å². The summed E-state index contributed by atoms with van der Waals surface area (Å²) in [5.74, 6) is -0.965. The van der Waals surface area contributed by atoms with E-state index >= 15 is 0 Å². The number of hydrogen-bond acceptors (Lipinski definition) is 7. The topological polar surface area (TPSA) is 92.8 Å². The summed E-state index contributed by atoms with van der Waals surface area (Å²) in [7, 11) is 0. The quantitative estimate of drug-likeness (QED) is 0.408. The normalized spacial score (nSPS) is 22.9. The fourth-order valence-corrected chi connectivity index (χ4v) is 5.95. The summed E-state index contributed by atoms with van der Waals surface area (Å²) < 4.78 is 38.8. The van der Waals surface area contributed by atoms with Crippen LogP contribution in [0, 0.1) is 0 Å². The van der Waals surface area contributed by atoms with Gasteiger partial charge < -0.3 is 25.0 Å². The number of nitrogens with one attached hydrogen (secondary N) is 2. The summed E-state index contributed by atoms with van der Waals surface area (Å²) in [6, 6.07) is 14.2. The van der Waals surface area contributed by atoms with Gasteiger partial charge in [-0.2, -0.15) is 0 Å². The number of morpholine rings is 1. The highest BCUT2D eigenvalue weighted by atomic mass is 32.1. The number of rotatable bonds is 8. The maximum Gasteiger partial charge on any atom is 0.251 e. The lowest BCUT2D eigenvalue weighted by Crippen LogP contribution is -2.45. The van der Waals surface area contributed by atoms with Crippen molar-refractivity contribution in [2.45, 2.75) is 44.3 Å². The molecule has 2 aliphatic rings. The first-order valence-corrected chi connectivity index (χ1v) is 14.1. The van der Waals surface area contributed by atoms with Gasteiger partial charge >= 0.3 is 0 Å². The molecule has 2 fully saturated rings. The summed E-state index contributed by atoms with van der Waals surface area (Å²) in [5.41, 5.74) is 1.90. The zero-order valence-electron chi connectivity index (χ0n) is 22.4. The fraction of sp³-hybridized carbons (Fsp3) is 0.414. The molecule has 3 aromatic rings. The third kappa shape index (κ3) is 6.16. The van der Waals surface area contributed by atoms with Crippen molar-refractivity contribution >= 4 is 34.0 Å². The highest BCUT2D eigenvalue weighted by molar-refractivity contribution is 7.14. The highest BCUT2D eigenvalue weighted by Crippen LogP contribution is 2.39. The first kappa shape index (κ1) is 28.1. The average Bonchev–Trinajstić information content (AvgIpc) is 3.62. The molecule has 5 rings (SSSR count). The molecule has 3 heterocycles. The molecule has 2 aromatic carbocycles. The Hall–Kier alpha value is -3.41. The van der Waals surface area contributed by atoms with E-state index in [0.29, 0.717) is 10.7 Å². The van der Waals surface area contributed by atoms with Gasteiger partial charge in [-0.3, -0.25) is 9.59 Å². The molecule has 212 valence electrons. The minimum absolute atomic E-state index is 0.0934. The predicted octanol–water partition coefficient (Wildman–Crippen LogP) is 4.72. The molecule has 8 nitrogen and oxygen atoms in total. The van der Waals surface area contributed by atoms with Gasteiger partial charge in [0.15, 0.2) is 5.13 Å². The van der Waals surface area contributed by atoms with Crippen molar-refractivity contribution in [1.29, 1.82) is 0 Å². The van der Waals surface area contributed by atoms with E-state index in [0.717, 1.165) is 30.0 Å². The van der Waals surface area contributed by atoms with Crippen molar-refractivity contribution in [3.8, 4) is 11.3 Å². The van der Waals surface area contributed by atoms with Gasteiger partial charge in [0.25, 0.3) is 5.91 Å². The van der Waals surface area contributed by atoms with E-state index in [1.807, 2.05) is 17.5 Å². The molecule has 2 N–H and O–H groups in total. The zero-order valence-corrected chi connectivity index (χ0v) is 23.2. The van der Waals surface area contributed by atoms with Crippen molar-refractivity contribution in [1.82, 2.24) is 10.3 Å². The highest BCUT2D eigenvalue weighted by Gasteiger charge is 2.45. The monoisotopic (exact) mass is 570 g/mol. The van der Waals surface area contributed by atoms with E-state index in [2.05, 4.69) is 46.5 Å². The lowest BCUT2D eigenvalue weighted by atomic mass is 9.79. The number of carbonyl (C=O) groups is 2. The summed E-state index contributed by atoms with van der Waals surface area (Å²) in [6.45, 7) is 5.62. The second kappa shape index (κ2) is 12.0. The van der Waals surface area contributed by atoms with E-state index in [9.17, 15) is 18.4 Å². The lowest BCUT2D eigenvalue weighted by molar-refractivity contribution is -0.115. The van der Waals surface area contributed by atoms with Crippen LogP contribution in [0.5, 0.6) is 0 Å². The number of nitrogens with zero attached hydrogens (tertiary/aromatic N) is 2. The molecule has 3 atom stereocenters. The van der Waals surface area contributed by atoms with Crippen molar-refractivity contribution in [2.75, 3.05) is 43.1 Å². The van der Waals surface area contributed by atoms with Gasteiger partial charge in [0, 0.05) is 41.9 Å². The molecule has 2 saturated heterocycles. The summed E-state index contributed by atoms with van der Waals surface area (Å²) in [4.78, 5) is 32.1. The Morgan fingerprint density at radius 1 is 1.15 bits per heavy atom. The largest absolute Gasteiger partial charge is 0.380 e. The SMILES string of the molecule is C[C@@H]1CN(c2cccc(-c3csc(NC(=O)CNC(=O)c4cccc([C@@]5(C(F)F)CCOC5)c4)n3)c2)C[C@H](C)O1. The molecule has 0 bridgehead atoms. The van der Waals surface area contributed by atoms with Gasteiger partial charge in [-0.1, -0.05) is 24.3 Å². The minimum Gasteiger partial charge on any atom is -0.380 e. The van der Waals surface area contributed by atoms with E-state index in [4.69, 9.17) is 9.47 Å². The number of aromatic nitrogens is 1. The second-order valence-electron chi connectivity index (χ2n) is 10.3. The van der Waals surface area contributed by atoms with E-state index in [1.165, 1.54) is 23.5 Å². The molecule has 0 saturated carbocycles. The minimum atomic E-state index is -2.61. The van der Waals surface area contributed by atoms with E-state index in [-0.39, 0.29) is 44.0 Å². The predicted molar refractivity (Wildman–Crippen MR) is 150 cm³/mol. The van der Waals surface area contributed by atoms with Gasteiger partial charge in [0.1, 0.15) is 0 Å². The molecular weight excluding hydrogens is 538 g/mol. The summed E-state index contributed by atoms with van der Waals surface area (Å²) in [5, 5.41) is 7.56. The van der Waals surface area contributed by atoms with Crippen LogP contribution in [-0.2, 0) is 19.7 Å². The Morgan fingerprint density at radius 2 is 1.93 bits per heavy atom. The molecule has 1 aromatic heterocycles. The van der Waals surface area contributed by atoms with Crippen molar-refractivity contribution in [2.24, 2.45) is 0 Å². The van der Waals surface area contributed by atoms with E-state index in [1.54, 1.807) is 12.1 Å². The maximum atomic E-state index is 13.9. The van der Waals surface area contributed by atoms with Crippen LogP contribution in [0.4, 0.5) is 19.6 Å². The summed E-state index contributed by atoms with van der Waals surface area (Å²) >= 11 is 1.29. The Labute approximate surface area is 235 Å². The fourth-order valence-electron chi connectivity index (χ4n) is 5.22. The number of thiazole rings is 1. The number of anilines is 2. The maximum absolute atomic E-state index is 13.9. The van der Waals surface area contributed by atoms with Crippen molar-refractivity contribution in [3.63, 3.8) is 0 Å². The van der Waals surface area contributed by atoms with Crippen LogP contribution in [0.2, 0.25) is 0 Å². The number of carbonyl (C=O) groups excluding carboxylic acids is 2. The molecule has 2 aliphatic heterocycles.